The van der Waals surface area contributed by atoms with Gasteiger partial charge in [0, 0.05) is 26.1 Å². The summed E-state index contributed by atoms with van der Waals surface area (Å²) in [5, 5.41) is 6.88. The van der Waals surface area contributed by atoms with Gasteiger partial charge in [0.15, 0.2) is 0 Å². The lowest BCUT2D eigenvalue weighted by molar-refractivity contribution is 0.0955. The van der Waals surface area contributed by atoms with Crippen LogP contribution in [0.3, 0.4) is 0 Å². The van der Waals surface area contributed by atoms with Gasteiger partial charge in [-0.3, -0.25) is 4.79 Å². The van der Waals surface area contributed by atoms with Crippen molar-refractivity contribution >= 4 is 46.3 Å². The maximum absolute atomic E-state index is 12.2. The van der Waals surface area contributed by atoms with Crippen molar-refractivity contribution in [2.24, 2.45) is 5.10 Å². The molecule has 0 saturated carbocycles. The zero-order valence-corrected chi connectivity index (χ0v) is 16.5. The van der Waals surface area contributed by atoms with E-state index in [2.05, 4.69) is 10.5 Å². The highest BCUT2D eigenvalue weighted by molar-refractivity contribution is 7.98. The first-order chi connectivity index (χ1) is 12.6. The van der Waals surface area contributed by atoms with Gasteiger partial charge in [-0.15, -0.1) is 23.1 Å². The van der Waals surface area contributed by atoms with Crippen LogP contribution < -0.4 is 5.43 Å². The maximum atomic E-state index is 12.2. The van der Waals surface area contributed by atoms with Gasteiger partial charge in [0.25, 0.3) is 5.91 Å². The summed E-state index contributed by atoms with van der Waals surface area (Å²) in [7, 11) is 0. The number of carbonyl (C=O) groups excluding carboxylic acids is 1. The number of halogens is 1. The van der Waals surface area contributed by atoms with Crippen molar-refractivity contribution in [2.75, 3.05) is 0 Å². The van der Waals surface area contributed by atoms with E-state index in [1.54, 1.807) is 23.1 Å². The molecule has 1 amide bonds. The average molecular weight is 401 g/mol. The quantitative estimate of drug-likeness (QED) is 0.320. The van der Waals surface area contributed by atoms with E-state index in [-0.39, 0.29) is 5.91 Å². The third kappa shape index (κ3) is 5.21. The van der Waals surface area contributed by atoms with E-state index in [9.17, 15) is 4.79 Å². The summed E-state index contributed by atoms with van der Waals surface area (Å²) in [6.07, 6.45) is 0. The molecule has 0 radical (unpaired) electrons. The molecule has 0 bridgehead atoms. The minimum atomic E-state index is -0.210. The van der Waals surface area contributed by atoms with Crippen molar-refractivity contribution in [2.45, 2.75) is 17.6 Å². The number of carbonyl (C=O) groups is 1. The number of hydrogen-bond donors (Lipinski definition) is 1. The van der Waals surface area contributed by atoms with Crippen LogP contribution in [-0.2, 0) is 5.75 Å². The highest BCUT2D eigenvalue weighted by Crippen LogP contribution is 2.24. The fourth-order valence-electron chi connectivity index (χ4n) is 2.19. The first-order valence-corrected chi connectivity index (χ1v) is 10.2. The van der Waals surface area contributed by atoms with Crippen LogP contribution in [0.15, 0.2) is 76.0 Å². The Morgan fingerprint density at radius 2 is 1.85 bits per heavy atom. The maximum Gasteiger partial charge on any atom is 0.271 e. The Morgan fingerprint density at radius 1 is 1.12 bits per heavy atom. The smallest absolute Gasteiger partial charge is 0.267 e. The van der Waals surface area contributed by atoms with Gasteiger partial charge in [-0.2, -0.15) is 5.10 Å². The van der Waals surface area contributed by atoms with Crippen LogP contribution >= 0.6 is 34.7 Å². The number of nitrogens with zero attached hydrogens (tertiary/aromatic N) is 1. The third-order valence-electron chi connectivity index (χ3n) is 3.64. The molecule has 0 aliphatic heterocycles. The molecule has 1 N–H and O–H groups in total. The van der Waals surface area contributed by atoms with E-state index in [4.69, 9.17) is 11.6 Å². The molecular formula is C20H17ClN2OS2. The average Bonchev–Trinajstić information content (AvgIpc) is 3.21. The zero-order valence-electron chi connectivity index (χ0n) is 14.1. The van der Waals surface area contributed by atoms with Crippen molar-refractivity contribution in [3.63, 3.8) is 0 Å². The lowest BCUT2D eigenvalue weighted by atomic mass is 10.1. The Morgan fingerprint density at radius 3 is 2.50 bits per heavy atom. The van der Waals surface area contributed by atoms with Gasteiger partial charge in [-0.25, -0.2) is 5.43 Å². The van der Waals surface area contributed by atoms with Crippen molar-refractivity contribution in [3.8, 4) is 0 Å². The van der Waals surface area contributed by atoms with Crippen LogP contribution in [0.2, 0.25) is 5.02 Å². The molecule has 26 heavy (non-hydrogen) atoms. The van der Waals surface area contributed by atoms with Gasteiger partial charge >= 0.3 is 0 Å². The van der Waals surface area contributed by atoms with E-state index in [0.717, 1.165) is 31.8 Å². The monoisotopic (exact) mass is 400 g/mol. The largest absolute Gasteiger partial charge is 0.271 e. The Kier molecular flexibility index (Phi) is 6.50. The molecule has 0 spiro atoms. The molecule has 6 heteroatoms. The molecule has 0 aliphatic carbocycles. The molecule has 0 aliphatic rings. The fraction of sp³-hybridized carbons (Fsp3) is 0.100. The molecule has 1 heterocycles. The Labute approximate surface area is 166 Å². The lowest BCUT2D eigenvalue weighted by Gasteiger charge is -2.05. The number of thioether (sulfide) groups is 1. The van der Waals surface area contributed by atoms with Crippen LogP contribution in [-0.4, -0.2) is 11.6 Å². The lowest BCUT2D eigenvalue weighted by Crippen LogP contribution is -2.19. The van der Waals surface area contributed by atoms with Crippen LogP contribution in [0, 0.1) is 0 Å². The number of amides is 1. The van der Waals surface area contributed by atoms with E-state index < -0.39 is 0 Å². The summed E-state index contributed by atoms with van der Waals surface area (Å²) < 4.78 is 0. The molecule has 3 nitrogen and oxygen atoms in total. The second-order valence-electron chi connectivity index (χ2n) is 5.55. The molecule has 1 aromatic heterocycles. The summed E-state index contributed by atoms with van der Waals surface area (Å²) in [6.45, 7) is 1.88. The summed E-state index contributed by atoms with van der Waals surface area (Å²) in [6, 6.07) is 19.3. The Bertz CT molecular complexity index is 889. The van der Waals surface area contributed by atoms with Crippen molar-refractivity contribution < 1.29 is 4.79 Å². The van der Waals surface area contributed by atoms with Crippen LogP contribution in [0.25, 0.3) is 0 Å². The summed E-state index contributed by atoms with van der Waals surface area (Å²) in [4.78, 5) is 14.4. The summed E-state index contributed by atoms with van der Waals surface area (Å²) in [5.74, 6) is 0.622. The number of rotatable bonds is 6. The molecule has 132 valence electrons. The van der Waals surface area contributed by atoms with Gasteiger partial charge < -0.3 is 0 Å². The van der Waals surface area contributed by atoms with Gasteiger partial charge in [0.05, 0.1) is 5.71 Å². The molecule has 0 atom stereocenters. The predicted octanol–water partition coefficient (Wildman–Crippen LogP) is 5.85. The molecular weight excluding hydrogens is 384 g/mol. The third-order valence-corrected chi connectivity index (χ3v) is 5.95. The van der Waals surface area contributed by atoms with Gasteiger partial charge in [0.2, 0.25) is 0 Å². The molecule has 3 rings (SSSR count). The van der Waals surface area contributed by atoms with Crippen molar-refractivity contribution in [3.05, 3.63) is 87.1 Å². The van der Waals surface area contributed by atoms with Crippen molar-refractivity contribution in [1.29, 1.82) is 0 Å². The van der Waals surface area contributed by atoms with Crippen LogP contribution in [0.5, 0.6) is 0 Å². The second-order valence-corrected chi connectivity index (χ2v) is 7.99. The SMILES string of the molecule is CC(=NNC(=O)c1ccc(CSc2ccc(Cl)cc2)cc1)c1cccs1. The Hall–Kier alpha value is -2.08. The van der Waals surface area contributed by atoms with Gasteiger partial charge in [-0.1, -0.05) is 29.8 Å². The van der Waals surface area contributed by atoms with E-state index in [1.165, 1.54) is 0 Å². The van der Waals surface area contributed by atoms with E-state index >= 15 is 0 Å². The molecule has 0 fully saturated rings. The Balaban J connectivity index is 1.55. The zero-order chi connectivity index (χ0) is 18.4. The molecule has 3 aromatic rings. The second kappa shape index (κ2) is 9.03. The van der Waals surface area contributed by atoms with Crippen molar-refractivity contribution in [1.82, 2.24) is 5.43 Å². The number of hydrogen-bond acceptors (Lipinski definition) is 4. The molecule has 0 unspecified atom stereocenters. The van der Waals surface area contributed by atoms with Gasteiger partial charge in [0.1, 0.15) is 0 Å². The standard InChI is InChI=1S/C20H17ClN2OS2/c1-14(19-3-2-12-25-19)22-23-20(24)16-6-4-15(5-7-16)13-26-18-10-8-17(21)9-11-18/h2-12H,13H2,1H3,(H,23,24). The molecule has 0 saturated heterocycles. The van der Waals surface area contributed by atoms with E-state index in [0.29, 0.717) is 5.56 Å². The highest BCUT2D eigenvalue weighted by Gasteiger charge is 2.06. The minimum absolute atomic E-state index is 0.210. The minimum Gasteiger partial charge on any atom is -0.267 e. The topological polar surface area (TPSA) is 41.5 Å². The number of thiophene rings is 1. The van der Waals surface area contributed by atoms with Crippen LogP contribution in [0.4, 0.5) is 0 Å². The number of hydrazone groups is 1. The van der Waals surface area contributed by atoms with Crippen LogP contribution in [0.1, 0.15) is 27.7 Å². The first-order valence-electron chi connectivity index (χ1n) is 7.97. The first kappa shape index (κ1) is 18.7. The highest BCUT2D eigenvalue weighted by atomic mass is 35.5. The molecule has 2 aromatic carbocycles. The normalized spacial score (nSPS) is 11.4. The predicted molar refractivity (Wildman–Crippen MR) is 111 cm³/mol. The number of benzene rings is 2. The summed E-state index contributed by atoms with van der Waals surface area (Å²) in [5.41, 5.74) is 5.15. The number of nitrogens with one attached hydrogen (secondary N) is 1. The van der Waals surface area contributed by atoms with E-state index in [1.807, 2.05) is 73.0 Å². The van der Waals surface area contributed by atoms with Gasteiger partial charge in [-0.05, 0) is 60.3 Å². The fourth-order valence-corrected chi connectivity index (χ4v) is 3.85. The summed E-state index contributed by atoms with van der Waals surface area (Å²) >= 11 is 9.22.